The van der Waals surface area contributed by atoms with E-state index in [1.54, 1.807) is 17.0 Å². The molecule has 4 heterocycles. The molecule has 10 heteroatoms. The van der Waals surface area contributed by atoms with Crippen molar-refractivity contribution in [3.05, 3.63) is 29.3 Å². The highest BCUT2D eigenvalue weighted by atomic mass is 16.5. The normalized spacial score (nSPS) is 22.2. The Kier molecular flexibility index (Phi) is 4.90. The Morgan fingerprint density at radius 1 is 1.21 bits per heavy atom. The second-order valence-corrected chi connectivity index (χ2v) is 7.11. The average molecular weight is 388 g/mol. The maximum absolute atomic E-state index is 13.0. The number of pyridine rings is 1. The molecule has 0 aliphatic carbocycles. The summed E-state index contributed by atoms with van der Waals surface area (Å²) >= 11 is 0. The van der Waals surface area contributed by atoms with Crippen LogP contribution in [0.25, 0.3) is 0 Å². The molecule has 2 aliphatic rings. The molecular weight excluding hydrogens is 364 g/mol. The molecular formula is C18H24N6O4. The van der Waals surface area contributed by atoms with E-state index in [2.05, 4.69) is 24.6 Å². The van der Waals surface area contributed by atoms with Crippen LogP contribution in [-0.2, 0) is 13.1 Å². The summed E-state index contributed by atoms with van der Waals surface area (Å²) in [7, 11) is 4.97. The number of likely N-dealkylation sites (tertiary alicyclic amines) is 1. The van der Waals surface area contributed by atoms with Gasteiger partial charge >= 0.3 is 0 Å². The number of rotatable bonds is 4. The third kappa shape index (κ3) is 3.18. The fourth-order valence-electron chi connectivity index (χ4n) is 3.90. The van der Waals surface area contributed by atoms with E-state index in [0.717, 1.165) is 11.6 Å². The van der Waals surface area contributed by atoms with Crippen LogP contribution in [0.1, 0.15) is 34.5 Å². The van der Waals surface area contributed by atoms with Gasteiger partial charge in [-0.3, -0.25) is 9.69 Å². The summed E-state index contributed by atoms with van der Waals surface area (Å²) < 4.78 is 12.4. The number of aliphatic hydroxyl groups is 1. The van der Waals surface area contributed by atoms with E-state index in [4.69, 9.17) is 9.47 Å². The lowest BCUT2D eigenvalue weighted by molar-refractivity contribution is 0.0700. The van der Waals surface area contributed by atoms with Crippen molar-refractivity contribution in [2.45, 2.75) is 31.7 Å². The average Bonchev–Trinajstić information content (AvgIpc) is 3.28. The number of amides is 1. The van der Waals surface area contributed by atoms with Gasteiger partial charge in [0.25, 0.3) is 5.91 Å². The molecule has 0 aromatic carbocycles. The number of β-amino-alcohol motifs (C(OH)–C–C–N with tert-alkyl or cyclic N) is 1. The van der Waals surface area contributed by atoms with Crippen LogP contribution in [0.2, 0.25) is 0 Å². The van der Waals surface area contributed by atoms with E-state index >= 15 is 0 Å². The first-order valence-corrected chi connectivity index (χ1v) is 9.20. The van der Waals surface area contributed by atoms with Crippen molar-refractivity contribution in [3.8, 4) is 11.8 Å². The lowest BCUT2D eigenvalue weighted by atomic mass is 10.1. The SMILES string of the molecule is COc1ccc(C(=O)N2CCn3c(nnc3C3CC(O)CN3C)C2)c(OC)n1. The van der Waals surface area contributed by atoms with Gasteiger partial charge in [-0.25, -0.2) is 0 Å². The van der Waals surface area contributed by atoms with Crippen LogP contribution in [0.5, 0.6) is 11.8 Å². The summed E-state index contributed by atoms with van der Waals surface area (Å²) in [5, 5.41) is 18.6. The minimum Gasteiger partial charge on any atom is -0.481 e. The molecule has 2 unspecified atom stereocenters. The van der Waals surface area contributed by atoms with Crippen LogP contribution in [0.4, 0.5) is 0 Å². The highest BCUT2D eigenvalue weighted by Gasteiger charge is 2.35. The van der Waals surface area contributed by atoms with Crippen molar-refractivity contribution in [2.75, 3.05) is 34.4 Å². The molecule has 10 nitrogen and oxygen atoms in total. The molecule has 2 aromatic heterocycles. The van der Waals surface area contributed by atoms with Gasteiger partial charge in [0, 0.05) is 25.7 Å². The minimum absolute atomic E-state index is 0.0457. The van der Waals surface area contributed by atoms with Crippen LogP contribution < -0.4 is 9.47 Å². The van der Waals surface area contributed by atoms with E-state index in [0.29, 0.717) is 44.0 Å². The van der Waals surface area contributed by atoms with Crippen molar-refractivity contribution < 1.29 is 19.4 Å². The van der Waals surface area contributed by atoms with Gasteiger partial charge in [0.05, 0.1) is 32.9 Å². The van der Waals surface area contributed by atoms with E-state index in [9.17, 15) is 9.90 Å². The molecule has 2 aliphatic heterocycles. The first kappa shape index (κ1) is 18.6. The number of hydrogen-bond donors (Lipinski definition) is 1. The summed E-state index contributed by atoms with van der Waals surface area (Å²) in [4.78, 5) is 21.0. The number of carbonyl (C=O) groups excluding carboxylic acids is 1. The molecule has 0 radical (unpaired) electrons. The predicted molar refractivity (Wildman–Crippen MR) is 98.1 cm³/mol. The molecule has 1 amide bonds. The highest BCUT2D eigenvalue weighted by Crippen LogP contribution is 2.31. The van der Waals surface area contributed by atoms with Crippen LogP contribution in [0.15, 0.2) is 12.1 Å². The van der Waals surface area contributed by atoms with Crippen molar-refractivity contribution >= 4 is 5.91 Å². The second kappa shape index (κ2) is 7.36. The van der Waals surface area contributed by atoms with Gasteiger partial charge < -0.3 is 24.0 Å². The van der Waals surface area contributed by atoms with E-state index in [1.165, 1.54) is 14.2 Å². The van der Waals surface area contributed by atoms with Gasteiger partial charge in [0.15, 0.2) is 11.6 Å². The quantitative estimate of drug-likeness (QED) is 0.785. The third-order valence-corrected chi connectivity index (χ3v) is 5.36. The number of aliphatic hydroxyl groups excluding tert-OH is 1. The summed E-state index contributed by atoms with van der Waals surface area (Å²) in [6.45, 7) is 2.13. The highest BCUT2D eigenvalue weighted by molar-refractivity contribution is 5.96. The van der Waals surface area contributed by atoms with Gasteiger partial charge in [0.1, 0.15) is 5.56 Å². The molecule has 2 atom stereocenters. The number of methoxy groups -OCH3 is 2. The number of ether oxygens (including phenoxy) is 2. The van der Waals surface area contributed by atoms with Gasteiger partial charge in [0.2, 0.25) is 11.8 Å². The molecule has 28 heavy (non-hydrogen) atoms. The number of fused-ring (bicyclic) bond motifs is 1. The van der Waals surface area contributed by atoms with Crippen LogP contribution in [0, 0.1) is 0 Å². The fraction of sp³-hybridized carbons (Fsp3) is 0.556. The van der Waals surface area contributed by atoms with Gasteiger partial charge in [-0.2, -0.15) is 4.98 Å². The molecule has 0 spiro atoms. The number of aromatic nitrogens is 4. The zero-order chi connectivity index (χ0) is 19.8. The predicted octanol–water partition coefficient (Wildman–Crippen LogP) is 0.0838. The van der Waals surface area contributed by atoms with Crippen LogP contribution >= 0.6 is 0 Å². The van der Waals surface area contributed by atoms with Crippen molar-refractivity contribution in [2.24, 2.45) is 0 Å². The number of likely N-dealkylation sites (N-methyl/N-ethyl adjacent to an activating group) is 1. The molecule has 4 rings (SSSR count). The van der Waals surface area contributed by atoms with E-state index in [-0.39, 0.29) is 23.9 Å². The molecule has 0 bridgehead atoms. The minimum atomic E-state index is -0.348. The Balaban J connectivity index is 1.54. The van der Waals surface area contributed by atoms with Gasteiger partial charge in [-0.15, -0.1) is 10.2 Å². The smallest absolute Gasteiger partial charge is 0.259 e. The van der Waals surface area contributed by atoms with Crippen LogP contribution in [-0.4, -0.2) is 81.0 Å². The molecule has 0 saturated carbocycles. The molecule has 150 valence electrons. The van der Waals surface area contributed by atoms with Crippen LogP contribution in [0.3, 0.4) is 0 Å². The molecule has 1 fully saturated rings. The Morgan fingerprint density at radius 3 is 2.71 bits per heavy atom. The van der Waals surface area contributed by atoms with E-state index < -0.39 is 0 Å². The van der Waals surface area contributed by atoms with Crippen molar-refractivity contribution in [1.82, 2.24) is 29.5 Å². The first-order valence-electron chi connectivity index (χ1n) is 9.20. The maximum atomic E-state index is 13.0. The zero-order valence-corrected chi connectivity index (χ0v) is 16.2. The monoisotopic (exact) mass is 388 g/mol. The number of hydrogen-bond acceptors (Lipinski definition) is 8. The number of carbonyl (C=O) groups is 1. The second-order valence-electron chi connectivity index (χ2n) is 7.11. The zero-order valence-electron chi connectivity index (χ0n) is 16.2. The fourth-order valence-corrected chi connectivity index (χ4v) is 3.90. The summed E-state index contributed by atoms with van der Waals surface area (Å²) in [5.41, 5.74) is 0.384. The standard InChI is InChI=1S/C18H24N6O4/c1-22-9-11(25)8-13(22)16-21-20-14-10-23(6-7-24(14)16)18(26)12-4-5-15(27-2)19-17(12)28-3/h4-5,11,13,25H,6-10H2,1-3H3. The van der Waals surface area contributed by atoms with Crippen molar-refractivity contribution in [3.63, 3.8) is 0 Å². The summed E-state index contributed by atoms with van der Waals surface area (Å²) in [5.74, 6) is 2.05. The first-order chi connectivity index (χ1) is 13.5. The summed E-state index contributed by atoms with van der Waals surface area (Å²) in [6, 6.07) is 3.35. The van der Waals surface area contributed by atoms with Gasteiger partial charge in [-0.1, -0.05) is 0 Å². The molecule has 2 aromatic rings. The lowest BCUT2D eigenvalue weighted by Crippen LogP contribution is -2.39. The van der Waals surface area contributed by atoms with Crippen molar-refractivity contribution in [1.29, 1.82) is 0 Å². The lowest BCUT2D eigenvalue weighted by Gasteiger charge is -2.29. The summed E-state index contributed by atoms with van der Waals surface area (Å²) in [6.07, 6.45) is 0.297. The largest absolute Gasteiger partial charge is 0.481 e. The van der Waals surface area contributed by atoms with Gasteiger partial charge in [-0.05, 0) is 19.5 Å². The Morgan fingerprint density at radius 2 is 2.04 bits per heavy atom. The van der Waals surface area contributed by atoms with E-state index in [1.807, 2.05) is 7.05 Å². The maximum Gasteiger partial charge on any atom is 0.259 e. The Labute approximate surface area is 162 Å². The third-order valence-electron chi connectivity index (χ3n) is 5.36. The Hall–Kier alpha value is -2.72. The number of nitrogens with zero attached hydrogens (tertiary/aromatic N) is 6. The Bertz CT molecular complexity index is 885. The molecule has 1 saturated heterocycles. The topological polar surface area (TPSA) is 106 Å². The molecule has 1 N–H and O–H groups in total.